The van der Waals surface area contributed by atoms with Gasteiger partial charge in [0.05, 0.1) is 5.02 Å². The van der Waals surface area contributed by atoms with Crippen molar-refractivity contribution in [2.24, 2.45) is 0 Å². The molecule has 0 aliphatic rings. The molecule has 2 aromatic rings. The lowest BCUT2D eigenvalue weighted by molar-refractivity contribution is 0.112. The Labute approximate surface area is 118 Å². The number of rotatable bonds is 5. The van der Waals surface area contributed by atoms with E-state index in [0.29, 0.717) is 16.3 Å². The van der Waals surface area contributed by atoms with Crippen LogP contribution < -0.4 is 4.74 Å². The number of carbonyl (C=O) groups excluding carboxylic acids is 1. The van der Waals surface area contributed by atoms with Crippen LogP contribution in [0.5, 0.6) is 11.5 Å². The van der Waals surface area contributed by atoms with Crippen LogP contribution >= 0.6 is 11.6 Å². The molecule has 0 fully saturated rings. The van der Waals surface area contributed by atoms with Crippen molar-refractivity contribution >= 4 is 17.9 Å². The fourth-order valence-corrected chi connectivity index (χ4v) is 2.03. The Morgan fingerprint density at radius 2 is 1.79 bits per heavy atom. The topological polar surface area (TPSA) is 26.3 Å². The normalized spacial score (nSPS) is 10.2. The van der Waals surface area contributed by atoms with E-state index in [-0.39, 0.29) is 0 Å². The first-order valence-corrected chi connectivity index (χ1v) is 6.62. The van der Waals surface area contributed by atoms with Crippen LogP contribution in [0, 0.1) is 0 Å². The summed E-state index contributed by atoms with van der Waals surface area (Å²) in [5, 5.41) is 0.398. The highest BCUT2D eigenvalue weighted by Crippen LogP contribution is 2.26. The number of hydrogen-bond donors (Lipinski definition) is 0. The molecular weight excluding hydrogens is 260 g/mol. The highest BCUT2D eigenvalue weighted by Gasteiger charge is 2.03. The van der Waals surface area contributed by atoms with Crippen LogP contribution in [-0.2, 0) is 6.42 Å². The van der Waals surface area contributed by atoms with Gasteiger partial charge in [0.25, 0.3) is 0 Å². The molecule has 98 valence electrons. The van der Waals surface area contributed by atoms with Gasteiger partial charge in [-0.2, -0.15) is 0 Å². The maximum Gasteiger partial charge on any atom is 0.151 e. The molecule has 0 N–H and O–H groups in total. The minimum absolute atomic E-state index is 0.398. The van der Waals surface area contributed by atoms with Crippen molar-refractivity contribution in [2.45, 2.75) is 19.8 Å². The minimum atomic E-state index is 0.398. The maximum atomic E-state index is 10.7. The lowest BCUT2D eigenvalue weighted by Gasteiger charge is -2.07. The second kappa shape index (κ2) is 6.39. The number of ether oxygens (including phenoxy) is 1. The molecule has 3 heteroatoms. The molecule has 0 saturated heterocycles. The van der Waals surface area contributed by atoms with Crippen LogP contribution in [0.4, 0.5) is 0 Å². The molecule has 0 heterocycles. The van der Waals surface area contributed by atoms with Crippen molar-refractivity contribution in [1.82, 2.24) is 0 Å². The molecule has 2 rings (SSSR count). The van der Waals surface area contributed by atoms with Crippen LogP contribution in [-0.4, -0.2) is 6.29 Å². The highest BCUT2D eigenvalue weighted by molar-refractivity contribution is 6.33. The predicted molar refractivity (Wildman–Crippen MR) is 77.4 cm³/mol. The fraction of sp³-hybridized carbons (Fsp3) is 0.188. The monoisotopic (exact) mass is 274 g/mol. The number of aryl methyl sites for hydroxylation is 1. The molecule has 0 saturated carbocycles. The minimum Gasteiger partial charge on any atom is -0.457 e. The first kappa shape index (κ1) is 13.6. The van der Waals surface area contributed by atoms with Gasteiger partial charge in [0.2, 0.25) is 0 Å². The van der Waals surface area contributed by atoms with Gasteiger partial charge in [-0.15, -0.1) is 0 Å². The molecule has 19 heavy (non-hydrogen) atoms. The highest BCUT2D eigenvalue weighted by atomic mass is 35.5. The van der Waals surface area contributed by atoms with Crippen LogP contribution in [0.1, 0.15) is 29.3 Å². The van der Waals surface area contributed by atoms with Crippen LogP contribution in [0.3, 0.4) is 0 Å². The molecule has 0 aliphatic heterocycles. The molecule has 0 aliphatic carbocycles. The van der Waals surface area contributed by atoms with E-state index in [1.54, 1.807) is 18.2 Å². The van der Waals surface area contributed by atoms with E-state index in [1.807, 2.05) is 12.1 Å². The summed E-state index contributed by atoms with van der Waals surface area (Å²) in [6.45, 7) is 2.15. The third-order valence-electron chi connectivity index (χ3n) is 2.80. The predicted octanol–water partition coefficient (Wildman–Crippen LogP) is 4.90. The van der Waals surface area contributed by atoms with Crippen molar-refractivity contribution in [3.05, 3.63) is 58.6 Å². The molecule has 0 bridgehead atoms. The van der Waals surface area contributed by atoms with E-state index >= 15 is 0 Å². The number of halogens is 1. The summed E-state index contributed by atoms with van der Waals surface area (Å²) < 4.78 is 5.69. The Balaban J connectivity index is 2.12. The number of hydrogen-bond acceptors (Lipinski definition) is 2. The molecule has 0 spiro atoms. The molecule has 0 unspecified atom stereocenters. The number of benzene rings is 2. The largest absolute Gasteiger partial charge is 0.457 e. The van der Waals surface area contributed by atoms with Gasteiger partial charge in [-0.3, -0.25) is 4.79 Å². The van der Waals surface area contributed by atoms with E-state index in [9.17, 15) is 4.79 Å². The molecule has 0 amide bonds. The molecule has 0 aromatic heterocycles. The van der Waals surface area contributed by atoms with Gasteiger partial charge in [0, 0.05) is 11.6 Å². The van der Waals surface area contributed by atoms with Crippen molar-refractivity contribution < 1.29 is 9.53 Å². The van der Waals surface area contributed by atoms with Crippen molar-refractivity contribution in [1.29, 1.82) is 0 Å². The SMILES string of the molecule is CCCc1ccc(Oc2ccc(C=O)c(Cl)c2)cc1. The van der Waals surface area contributed by atoms with Crippen molar-refractivity contribution in [3.8, 4) is 11.5 Å². The Kier molecular flexibility index (Phi) is 4.58. The molecule has 2 nitrogen and oxygen atoms in total. The second-order valence-corrected chi connectivity index (χ2v) is 4.70. The van der Waals surface area contributed by atoms with Crippen LogP contribution in [0.2, 0.25) is 5.02 Å². The Morgan fingerprint density at radius 1 is 1.11 bits per heavy atom. The van der Waals surface area contributed by atoms with E-state index in [0.717, 1.165) is 24.9 Å². The van der Waals surface area contributed by atoms with Crippen LogP contribution in [0.15, 0.2) is 42.5 Å². The van der Waals surface area contributed by atoms with Gasteiger partial charge in [0.1, 0.15) is 11.5 Å². The Hall–Kier alpha value is -1.80. The van der Waals surface area contributed by atoms with Gasteiger partial charge < -0.3 is 4.74 Å². The number of carbonyl (C=O) groups is 1. The van der Waals surface area contributed by atoms with Crippen molar-refractivity contribution in [3.63, 3.8) is 0 Å². The zero-order valence-corrected chi connectivity index (χ0v) is 11.5. The summed E-state index contributed by atoms with van der Waals surface area (Å²) in [5.41, 5.74) is 1.76. The molecule has 0 radical (unpaired) electrons. The Morgan fingerprint density at radius 3 is 2.37 bits per heavy atom. The fourth-order valence-electron chi connectivity index (χ4n) is 1.82. The molecular formula is C16H15ClO2. The second-order valence-electron chi connectivity index (χ2n) is 4.30. The third kappa shape index (κ3) is 3.58. The zero-order valence-electron chi connectivity index (χ0n) is 10.7. The van der Waals surface area contributed by atoms with E-state index in [2.05, 4.69) is 19.1 Å². The van der Waals surface area contributed by atoms with Gasteiger partial charge in [0.15, 0.2) is 6.29 Å². The average Bonchev–Trinajstić information content (AvgIpc) is 2.42. The number of aldehydes is 1. The summed E-state index contributed by atoms with van der Waals surface area (Å²) in [6.07, 6.45) is 2.93. The van der Waals surface area contributed by atoms with E-state index in [4.69, 9.17) is 16.3 Å². The average molecular weight is 275 g/mol. The first-order valence-electron chi connectivity index (χ1n) is 6.24. The summed E-state index contributed by atoms with van der Waals surface area (Å²) in [6, 6.07) is 13.0. The van der Waals surface area contributed by atoms with Crippen LogP contribution in [0.25, 0.3) is 0 Å². The standard InChI is InChI=1S/C16H15ClO2/c1-2-3-12-4-7-14(8-5-12)19-15-9-6-13(11-18)16(17)10-15/h4-11H,2-3H2,1H3. The first-order chi connectivity index (χ1) is 9.22. The summed E-state index contributed by atoms with van der Waals surface area (Å²) in [5.74, 6) is 1.38. The Bertz CT molecular complexity index is 561. The quantitative estimate of drug-likeness (QED) is 0.725. The summed E-state index contributed by atoms with van der Waals surface area (Å²) in [7, 11) is 0. The third-order valence-corrected chi connectivity index (χ3v) is 3.12. The lowest BCUT2D eigenvalue weighted by atomic mass is 10.1. The van der Waals surface area contributed by atoms with Gasteiger partial charge >= 0.3 is 0 Å². The summed E-state index contributed by atoms with van der Waals surface area (Å²) in [4.78, 5) is 10.7. The van der Waals surface area contributed by atoms with Crippen molar-refractivity contribution in [2.75, 3.05) is 0 Å². The summed E-state index contributed by atoms with van der Waals surface area (Å²) >= 11 is 5.95. The lowest BCUT2D eigenvalue weighted by Crippen LogP contribution is -1.88. The van der Waals surface area contributed by atoms with Gasteiger partial charge in [-0.05, 0) is 36.2 Å². The van der Waals surface area contributed by atoms with Gasteiger partial charge in [-0.25, -0.2) is 0 Å². The van der Waals surface area contributed by atoms with Gasteiger partial charge in [-0.1, -0.05) is 37.1 Å². The van der Waals surface area contributed by atoms with E-state index < -0.39 is 0 Å². The van der Waals surface area contributed by atoms with E-state index in [1.165, 1.54) is 5.56 Å². The molecule has 0 atom stereocenters. The molecule has 2 aromatic carbocycles. The maximum absolute atomic E-state index is 10.7. The zero-order chi connectivity index (χ0) is 13.7. The smallest absolute Gasteiger partial charge is 0.151 e.